The number of rotatable bonds is 4. The van der Waals surface area contributed by atoms with Crippen molar-refractivity contribution in [1.29, 1.82) is 0 Å². The van der Waals surface area contributed by atoms with E-state index in [0.29, 0.717) is 10.9 Å². The fourth-order valence-electron chi connectivity index (χ4n) is 3.26. The molecule has 2 aliphatic rings. The van der Waals surface area contributed by atoms with Gasteiger partial charge in [-0.25, -0.2) is 4.79 Å². The van der Waals surface area contributed by atoms with Crippen LogP contribution in [0.1, 0.15) is 13.3 Å². The Morgan fingerprint density at radius 3 is 2.88 bits per heavy atom. The van der Waals surface area contributed by atoms with Crippen LogP contribution < -0.4 is 16.6 Å². The summed E-state index contributed by atoms with van der Waals surface area (Å²) in [7, 11) is 0. The van der Waals surface area contributed by atoms with Crippen LogP contribution in [0.3, 0.4) is 0 Å². The summed E-state index contributed by atoms with van der Waals surface area (Å²) >= 11 is 0. The Bertz CT molecular complexity index is 987. The SMILES string of the molecule is CC(NC(=O)Cn1c(=O)[nH]c2ccccc2c1=O)C1=[N+]2CN2CC1. The third kappa shape index (κ3) is 2.40. The number of carbonyl (C=O) groups excluding carboxylic acids is 1. The van der Waals surface area contributed by atoms with Gasteiger partial charge >= 0.3 is 5.69 Å². The quantitative estimate of drug-likeness (QED) is 0.570. The van der Waals surface area contributed by atoms with Gasteiger partial charge in [0.1, 0.15) is 12.6 Å². The molecule has 3 heterocycles. The number of nitrogens with one attached hydrogen (secondary N) is 2. The van der Waals surface area contributed by atoms with Crippen molar-refractivity contribution >= 4 is 22.5 Å². The molecule has 0 spiro atoms. The van der Waals surface area contributed by atoms with Crippen LogP contribution in [0.4, 0.5) is 0 Å². The Balaban J connectivity index is 1.56. The summed E-state index contributed by atoms with van der Waals surface area (Å²) in [6.07, 6.45) is 0.929. The molecule has 8 nitrogen and oxygen atoms in total. The van der Waals surface area contributed by atoms with Gasteiger partial charge in [0.05, 0.1) is 23.9 Å². The zero-order valence-corrected chi connectivity index (χ0v) is 13.3. The topological polar surface area (TPSA) is 90.0 Å². The number of hydrogen-bond donors (Lipinski definition) is 2. The molecule has 24 heavy (non-hydrogen) atoms. The summed E-state index contributed by atoms with van der Waals surface area (Å²) in [5.41, 5.74) is 0.610. The molecule has 1 saturated heterocycles. The minimum Gasteiger partial charge on any atom is -0.342 e. The van der Waals surface area contributed by atoms with Crippen molar-refractivity contribution in [3.05, 3.63) is 45.1 Å². The molecule has 4 rings (SSSR count). The summed E-state index contributed by atoms with van der Waals surface area (Å²) in [4.78, 5) is 39.4. The maximum Gasteiger partial charge on any atom is 0.329 e. The first-order chi connectivity index (χ1) is 11.5. The van der Waals surface area contributed by atoms with Crippen molar-refractivity contribution in [3.63, 3.8) is 0 Å². The molecule has 2 aliphatic heterocycles. The van der Waals surface area contributed by atoms with Gasteiger partial charge in [-0.2, -0.15) is 0 Å². The second-order valence-electron chi connectivity index (χ2n) is 6.17. The smallest absolute Gasteiger partial charge is 0.329 e. The van der Waals surface area contributed by atoms with Crippen LogP contribution in [-0.2, 0) is 11.3 Å². The second-order valence-corrected chi connectivity index (χ2v) is 6.17. The van der Waals surface area contributed by atoms with E-state index >= 15 is 0 Å². The Morgan fingerprint density at radius 1 is 1.38 bits per heavy atom. The number of hydrazone groups is 1. The molecule has 1 amide bonds. The molecule has 8 heteroatoms. The van der Waals surface area contributed by atoms with E-state index in [9.17, 15) is 14.4 Å². The number of aromatic amines is 1. The first-order valence-corrected chi connectivity index (χ1v) is 7.94. The molecular weight excluding hydrogens is 310 g/mol. The third-order valence-corrected chi connectivity index (χ3v) is 4.58. The Labute approximate surface area is 137 Å². The molecule has 0 radical (unpaired) electrons. The van der Waals surface area contributed by atoms with Gasteiger partial charge in [0.2, 0.25) is 11.6 Å². The highest BCUT2D eigenvalue weighted by molar-refractivity contribution is 5.90. The van der Waals surface area contributed by atoms with Crippen molar-refractivity contribution in [2.75, 3.05) is 13.2 Å². The predicted molar refractivity (Wildman–Crippen MR) is 87.9 cm³/mol. The highest BCUT2D eigenvalue weighted by Gasteiger charge is 2.47. The Kier molecular flexibility index (Phi) is 3.26. The van der Waals surface area contributed by atoms with Crippen molar-refractivity contribution in [3.8, 4) is 0 Å². The van der Waals surface area contributed by atoms with Gasteiger partial charge in [0.25, 0.3) is 12.2 Å². The lowest BCUT2D eigenvalue weighted by atomic mass is 10.1. The third-order valence-electron chi connectivity index (χ3n) is 4.58. The van der Waals surface area contributed by atoms with Crippen LogP contribution >= 0.6 is 0 Å². The van der Waals surface area contributed by atoms with Crippen LogP contribution in [-0.4, -0.2) is 50.1 Å². The summed E-state index contributed by atoms with van der Waals surface area (Å²) in [5.74, 6) is -0.349. The normalized spacial score (nSPS) is 17.1. The zero-order chi connectivity index (χ0) is 16.8. The van der Waals surface area contributed by atoms with Crippen LogP contribution in [0, 0.1) is 0 Å². The first kappa shape index (κ1) is 14.7. The highest BCUT2D eigenvalue weighted by Crippen LogP contribution is 2.19. The van der Waals surface area contributed by atoms with Crippen LogP contribution in [0.15, 0.2) is 33.9 Å². The van der Waals surface area contributed by atoms with Gasteiger partial charge < -0.3 is 10.3 Å². The van der Waals surface area contributed by atoms with Gasteiger partial charge in [0, 0.05) is 0 Å². The lowest BCUT2D eigenvalue weighted by molar-refractivity contribution is -0.438. The van der Waals surface area contributed by atoms with Gasteiger partial charge in [-0.1, -0.05) is 16.8 Å². The highest BCUT2D eigenvalue weighted by atomic mass is 16.2. The molecule has 2 aromatic rings. The number of carbonyl (C=O) groups is 1. The lowest BCUT2D eigenvalue weighted by Crippen LogP contribution is -2.45. The molecule has 2 N–H and O–H groups in total. The van der Waals surface area contributed by atoms with E-state index in [-0.39, 0.29) is 18.5 Å². The molecule has 0 aliphatic carbocycles. The molecule has 0 bridgehead atoms. The number of hydrazine groups is 1. The minimum atomic E-state index is -0.577. The van der Waals surface area contributed by atoms with E-state index in [4.69, 9.17) is 0 Å². The van der Waals surface area contributed by atoms with Crippen LogP contribution in [0.5, 0.6) is 0 Å². The molecule has 1 aromatic carbocycles. The molecule has 1 atom stereocenters. The number of H-pyrrole nitrogens is 1. The van der Waals surface area contributed by atoms with Crippen molar-refractivity contribution in [1.82, 2.24) is 19.9 Å². The van der Waals surface area contributed by atoms with E-state index in [0.717, 1.165) is 24.2 Å². The number of amides is 1. The first-order valence-electron chi connectivity index (χ1n) is 7.94. The van der Waals surface area contributed by atoms with Gasteiger partial charge in [-0.15, -0.1) is 5.01 Å². The Hall–Kier alpha value is -2.90. The monoisotopic (exact) mass is 328 g/mol. The number of fused-ring (bicyclic) bond motifs is 2. The fourth-order valence-corrected chi connectivity index (χ4v) is 3.26. The van der Waals surface area contributed by atoms with E-state index in [2.05, 4.69) is 20.0 Å². The molecular formula is C16H18N5O3+. The molecule has 1 aromatic heterocycles. The summed E-state index contributed by atoms with van der Waals surface area (Å²) < 4.78 is 3.08. The van der Waals surface area contributed by atoms with Crippen molar-refractivity contribution in [2.24, 2.45) is 0 Å². The fraction of sp³-hybridized carbons (Fsp3) is 0.375. The Morgan fingerprint density at radius 2 is 2.17 bits per heavy atom. The summed E-state index contributed by atoms with van der Waals surface area (Å²) in [6.45, 7) is 3.53. The van der Waals surface area contributed by atoms with Crippen LogP contribution in [0.25, 0.3) is 10.9 Å². The predicted octanol–water partition coefficient (Wildman–Crippen LogP) is -0.760. The zero-order valence-electron chi connectivity index (χ0n) is 13.3. The van der Waals surface area contributed by atoms with Gasteiger partial charge in [-0.05, 0) is 19.1 Å². The molecule has 1 unspecified atom stereocenters. The maximum atomic E-state index is 12.4. The van der Waals surface area contributed by atoms with Gasteiger partial charge in [-0.3, -0.25) is 14.2 Å². The summed E-state index contributed by atoms with van der Waals surface area (Å²) in [5, 5.41) is 5.46. The van der Waals surface area contributed by atoms with E-state index in [1.165, 1.54) is 5.71 Å². The van der Waals surface area contributed by atoms with Crippen molar-refractivity contribution < 1.29 is 9.48 Å². The largest absolute Gasteiger partial charge is 0.342 e. The number of benzene rings is 1. The number of nitrogens with zero attached hydrogens (tertiary/aromatic N) is 3. The average Bonchev–Trinajstić information content (AvgIpc) is 3.21. The van der Waals surface area contributed by atoms with Gasteiger partial charge in [0.15, 0.2) is 0 Å². The van der Waals surface area contributed by atoms with E-state index in [1.807, 2.05) is 6.92 Å². The standard InChI is InChI=1S/C16H17N5O3/c1-10(13-6-7-19-9-21(13)19)17-14(22)8-20-15(23)11-4-2-3-5-12(11)18-16(20)24/h2-5,10H,6-9H2,1H3,(H-,17,18,22,23,24)/p+1. The van der Waals surface area contributed by atoms with Crippen LogP contribution in [0.2, 0.25) is 0 Å². The lowest BCUT2D eigenvalue weighted by Gasteiger charge is -2.11. The molecule has 1 fully saturated rings. The second kappa shape index (κ2) is 5.33. The maximum absolute atomic E-state index is 12.4. The van der Waals surface area contributed by atoms with E-state index in [1.54, 1.807) is 24.3 Å². The number of aromatic nitrogens is 2. The average molecular weight is 328 g/mol. The van der Waals surface area contributed by atoms with E-state index < -0.39 is 11.2 Å². The number of para-hydroxylation sites is 1. The van der Waals surface area contributed by atoms with Crippen molar-refractivity contribution in [2.45, 2.75) is 25.9 Å². The molecule has 0 saturated carbocycles. The molecule has 124 valence electrons. The summed E-state index contributed by atoms with van der Waals surface area (Å²) in [6, 6.07) is 6.65. The minimum absolute atomic E-state index is 0.111. The number of hydrogen-bond acceptors (Lipinski definition) is 4.